The summed E-state index contributed by atoms with van der Waals surface area (Å²) in [5.74, 6) is -0.266. The fourth-order valence-corrected chi connectivity index (χ4v) is 4.98. The van der Waals surface area contributed by atoms with E-state index in [0.717, 1.165) is 23.4 Å². The summed E-state index contributed by atoms with van der Waals surface area (Å²) >= 11 is 2.97. The predicted octanol–water partition coefficient (Wildman–Crippen LogP) is 3.69. The Morgan fingerprint density at radius 2 is 2.14 bits per heavy atom. The number of nitrogens with one attached hydrogen (secondary N) is 2. The van der Waals surface area contributed by atoms with Crippen molar-refractivity contribution < 1.29 is 9.59 Å². The Kier molecular flexibility index (Phi) is 5.54. The first-order chi connectivity index (χ1) is 13.6. The number of rotatable bonds is 6. The molecule has 2 N–H and O–H groups in total. The Morgan fingerprint density at radius 3 is 2.89 bits per heavy atom. The van der Waals surface area contributed by atoms with Crippen LogP contribution in [-0.2, 0) is 11.3 Å². The van der Waals surface area contributed by atoms with Crippen molar-refractivity contribution in [3.63, 3.8) is 0 Å². The molecule has 0 aromatic carbocycles. The van der Waals surface area contributed by atoms with Crippen LogP contribution < -0.4 is 10.6 Å². The van der Waals surface area contributed by atoms with Gasteiger partial charge in [-0.1, -0.05) is 12.8 Å². The second-order valence-electron chi connectivity index (χ2n) is 6.88. The van der Waals surface area contributed by atoms with Crippen LogP contribution in [0, 0.1) is 6.92 Å². The van der Waals surface area contributed by atoms with E-state index in [2.05, 4.69) is 20.7 Å². The second-order valence-corrected chi connectivity index (χ2v) is 8.65. The number of amides is 2. The zero-order valence-electron chi connectivity index (χ0n) is 15.5. The highest BCUT2D eigenvalue weighted by Gasteiger charge is 2.19. The highest BCUT2D eigenvalue weighted by Crippen LogP contribution is 2.29. The van der Waals surface area contributed by atoms with Crippen molar-refractivity contribution in [2.24, 2.45) is 0 Å². The maximum atomic E-state index is 12.6. The molecule has 0 spiro atoms. The average molecular weight is 416 g/mol. The van der Waals surface area contributed by atoms with Gasteiger partial charge in [0.1, 0.15) is 16.4 Å². The lowest BCUT2D eigenvalue weighted by atomic mass is 10.2. The number of aromatic nitrogens is 3. The summed E-state index contributed by atoms with van der Waals surface area (Å²) in [7, 11) is 0. The zero-order chi connectivity index (χ0) is 19.5. The first kappa shape index (κ1) is 18.8. The smallest absolute Gasteiger partial charge is 0.267 e. The topological polar surface area (TPSA) is 88.9 Å². The lowest BCUT2D eigenvalue weighted by Gasteiger charge is -2.11. The molecule has 0 bridgehead atoms. The van der Waals surface area contributed by atoms with Crippen molar-refractivity contribution >= 4 is 40.2 Å². The van der Waals surface area contributed by atoms with Crippen LogP contribution in [0.25, 0.3) is 10.6 Å². The number of hydrogen-bond acceptors (Lipinski definition) is 6. The van der Waals surface area contributed by atoms with Gasteiger partial charge in [-0.15, -0.1) is 11.3 Å². The van der Waals surface area contributed by atoms with Gasteiger partial charge in [-0.05, 0) is 31.2 Å². The molecule has 28 heavy (non-hydrogen) atoms. The lowest BCUT2D eigenvalue weighted by Crippen LogP contribution is -2.35. The van der Waals surface area contributed by atoms with Crippen molar-refractivity contribution in [2.75, 3.05) is 5.32 Å². The third kappa shape index (κ3) is 4.31. The number of thiazole rings is 1. The molecule has 3 aromatic rings. The molecule has 0 aliphatic heterocycles. The molecule has 2 amide bonds. The van der Waals surface area contributed by atoms with Crippen LogP contribution in [-0.4, -0.2) is 32.6 Å². The number of thiophene rings is 1. The van der Waals surface area contributed by atoms with Gasteiger partial charge < -0.3 is 10.6 Å². The largest absolute Gasteiger partial charge is 0.352 e. The molecule has 1 saturated carbocycles. The fraction of sp³-hybridized carbons (Fsp3) is 0.368. The van der Waals surface area contributed by atoms with Crippen molar-refractivity contribution in [1.82, 2.24) is 20.1 Å². The summed E-state index contributed by atoms with van der Waals surface area (Å²) < 4.78 is 1.54. The van der Waals surface area contributed by atoms with E-state index in [9.17, 15) is 9.59 Å². The van der Waals surface area contributed by atoms with E-state index in [1.807, 2.05) is 23.8 Å². The van der Waals surface area contributed by atoms with E-state index < -0.39 is 0 Å². The molecule has 0 saturated heterocycles. The number of aryl methyl sites for hydroxylation is 1. The average Bonchev–Trinajstić information content (AvgIpc) is 3.42. The summed E-state index contributed by atoms with van der Waals surface area (Å²) in [5, 5.41) is 14.9. The van der Waals surface area contributed by atoms with Gasteiger partial charge in [0, 0.05) is 23.2 Å². The Morgan fingerprint density at radius 1 is 1.32 bits per heavy atom. The third-order valence-electron chi connectivity index (χ3n) is 4.69. The number of anilines is 1. The fourth-order valence-electron chi connectivity index (χ4n) is 3.31. The standard InChI is InChI=1S/C19H21N5O2S2/c1-12-17(28-19(21-12)13-6-7-27-11-13)18(26)23-15-8-20-24(9-15)10-16(25)22-14-4-2-3-5-14/h6-9,11,14H,2-5,10H2,1H3,(H,22,25)(H,23,26). The van der Waals surface area contributed by atoms with E-state index >= 15 is 0 Å². The molecule has 1 aliphatic carbocycles. The Balaban J connectivity index is 1.37. The summed E-state index contributed by atoms with van der Waals surface area (Å²) in [6.45, 7) is 1.98. The maximum Gasteiger partial charge on any atom is 0.267 e. The van der Waals surface area contributed by atoms with Crippen molar-refractivity contribution in [2.45, 2.75) is 45.2 Å². The van der Waals surface area contributed by atoms with Crippen molar-refractivity contribution in [1.29, 1.82) is 0 Å². The van der Waals surface area contributed by atoms with Crippen molar-refractivity contribution in [3.8, 4) is 10.6 Å². The Bertz CT molecular complexity index is 971. The molecule has 0 atom stereocenters. The third-order valence-corrected chi connectivity index (χ3v) is 6.58. The molecule has 0 unspecified atom stereocenters. The van der Waals surface area contributed by atoms with Crippen LogP contribution in [0.4, 0.5) is 5.69 Å². The van der Waals surface area contributed by atoms with Crippen LogP contribution >= 0.6 is 22.7 Å². The molecule has 4 rings (SSSR count). The molecule has 3 heterocycles. The van der Waals surface area contributed by atoms with Crippen LogP contribution in [0.5, 0.6) is 0 Å². The highest BCUT2D eigenvalue weighted by atomic mass is 32.1. The second kappa shape index (κ2) is 8.24. The quantitative estimate of drug-likeness (QED) is 0.643. The lowest BCUT2D eigenvalue weighted by molar-refractivity contribution is -0.122. The molecule has 146 valence electrons. The van der Waals surface area contributed by atoms with Crippen LogP contribution in [0.15, 0.2) is 29.2 Å². The summed E-state index contributed by atoms with van der Waals surface area (Å²) in [5.41, 5.74) is 2.29. The molecular weight excluding hydrogens is 394 g/mol. The first-order valence-corrected chi connectivity index (χ1v) is 11.0. The molecule has 0 radical (unpaired) electrons. The summed E-state index contributed by atoms with van der Waals surface area (Å²) in [6, 6.07) is 2.28. The molecule has 3 aromatic heterocycles. The van der Waals surface area contributed by atoms with Gasteiger partial charge in [0.2, 0.25) is 5.91 Å². The van der Waals surface area contributed by atoms with Crippen molar-refractivity contribution in [3.05, 3.63) is 39.8 Å². The van der Waals surface area contributed by atoms with E-state index in [1.165, 1.54) is 28.9 Å². The number of nitrogens with zero attached hydrogens (tertiary/aromatic N) is 3. The van der Waals surface area contributed by atoms with E-state index in [-0.39, 0.29) is 24.4 Å². The monoisotopic (exact) mass is 415 g/mol. The normalized spacial score (nSPS) is 14.3. The highest BCUT2D eigenvalue weighted by molar-refractivity contribution is 7.17. The first-order valence-electron chi connectivity index (χ1n) is 9.21. The molecule has 7 nitrogen and oxygen atoms in total. The number of hydrogen-bond donors (Lipinski definition) is 2. The number of carbonyl (C=O) groups excluding carboxylic acids is 2. The summed E-state index contributed by atoms with van der Waals surface area (Å²) in [4.78, 5) is 29.8. The SMILES string of the molecule is Cc1nc(-c2ccsc2)sc1C(=O)Nc1cnn(CC(=O)NC2CCCC2)c1. The molecular formula is C19H21N5O2S2. The minimum Gasteiger partial charge on any atom is -0.352 e. The Hall–Kier alpha value is -2.52. The van der Waals surface area contributed by atoms with E-state index in [4.69, 9.17) is 0 Å². The van der Waals surface area contributed by atoms with Gasteiger partial charge in [0.25, 0.3) is 5.91 Å². The van der Waals surface area contributed by atoms with Crippen LogP contribution in [0.2, 0.25) is 0 Å². The van der Waals surface area contributed by atoms with E-state index in [0.29, 0.717) is 16.3 Å². The molecule has 9 heteroatoms. The van der Waals surface area contributed by atoms with Crippen LogP contribution in [0.1, 0.15) is 41.0 Å². The minimum absolute atomic E-state index is 0.0495. The van der Waals surface area contributed by atoms with Gasteiger partial charge in [-0.3, -0.25) is 14.3 Å². The van der Waals surface area contributed by atoms with Gasteiger partial charge in [-0.2, -0.15) is 16.4 Å². The Labute approximate surface area is 170 Å². The predicted molar refractivity (Wildman–Crippen MR) is 111 cm³/mol. The van der Waals surface area contributed by atoms with Gasteiger partial charge >= 0.3 is 0 Å². The van der Waals surface area contributed by atoms with Gasteiger partial charge in [0.05, 0.1) is 17.6 Å². The molecule has 1 aliphatic rings. The van der Waals surface area contributed by atoms with Crippen LogP contribution in [0.3, 0.4) is 0 Å². The van der Waals surface area contributed by atoms with E-state index in [1.54, 1.807) is 23.7 Å². The van der Waals surface area contributed by atoms with Gasteiger partial charge in [0.15, 0.2) is 0 Å². The molecule has 1 fully saturated rings. The van der Waals surface area contributed by atoms with Gasteiger partial charge in [-0.25, -0.2) is 4.98 Å². The minimum atomic E-state index is -0.216. The summed E-state index contributed by atoms with van der Waals surface area (Å²) in [6.07, 6.45) is 7.67. The zero-order valence-corrected chi connectivity index (χ0v) is 17.1. The number of carbonyl (C=O) groups is 2. The maximum absolute atomic E-state index is 12.6.